The highest BCUT2D eigenvalue weighted by Gasteiger charge is 2.20. The minimum absolute atomic E-state index is 0.763. The van der Waals surface area contributed by atoms with Gasteiger partial charge in [0.25, 0.3) is 0 Å². The molecule has 0 saturated carbocycles. The average Bonchev–Trinajstić information content (AvgIpc) is 3.48. The lowest BCUT2D eigenvalue weighted by Crippen LogP contribution is -1.90. The van der Waals surface area contributed by atoms with Gasteiger partial charge in [-0.2, -0.15) is 5.10 Å². The van der Waals surface area contributed by atoms with E-state index in [1.165, 1.54) is 0 Å². The molecule has 0 unspecified atom stereocenters. The van der Waals surface area contributed by atoms with Gasteiger partial charge in [-0.15, -0.1) is 0 Å². The van der Waals surface area contributed by atoms with Crippen molar-refractivity contribution < 1.29 is 9.26 Å². The maximum Gasteiger partial charge on any atom is 0.141 e. The highest BCUT2D eigenvalue weighted by Crippen LogP contribution is 2.42. The van der Waals surface area contributed by atoms with E-state index in [4.69, 9.17) is 14.2 Å². The molecule has 6 aromatic rings. The molecule has 0 aliphatic carbocycles. The molecule has 4 heterocycles. The number of benzene rings is 2. The molecule has 0 atom stereocenters. The van der Waals surface area contributed by atoms with Crippen molar-refractivity contribution in [3.05, 3.63) is 60.2 Å². The lowest BCUT2D eigenvalue weighted by atomic mass is 9.98. The Balaban J connectivity index is 1.69. The molecule has 0 amide bonds. The number of methoxy groups -OCH3 is 1. The largest absolute Gasteiger partial charge is 0.496 e. The van der Waals surface area contributed by atoms with E-state index in [0.29, 0.717) is 0 Å². The van der Waals surface area contributed by atoms with Crippen LogP contribution in [0.1, 0.15) is 11.5 Å². The Morgan fingerprint density at radius 2 is 1.87 bits per heavy atom. The van der Waals surface area contributed by atoms with Gasteiger partial charge < -0.3 is 14.2 Å². The molecule has 4 aromatic heterocycles. The third-order valence-electron chi connectivity index (χ3n) is 5.87. The van der Waals surface area contributed by atoms with Crippen LogP contribution in [0.5, 0.6) is 5.75 Å². The Morgan fingerprint density at radius 1 is 0.968 bits per heavy atom. The second-order valence-electron chi connectivity index (χ2n) is 7.64. The first-order chi connectivity index (χ1) is 15.2. The molecule has 0 fully saturated rings. The SMILES string of the molecule is COc1cc2c(cc1-c1c(C)noc1C)[nH]c1ccnc(-c3cccc4[nH]ncc34)c12. The number of aromatic amines is 2. The molecular formula is C24H19N5O2. The predicted octanol–water partition coefficient (Wildman–Crippen LogP) is 5.54. The smallest absolute Gasteiger partial charge is 0.141 e. The summed E-state index contributed by atoms with van der Waals surface area (Å²) in [7, 11) is 1.68. The third kappa shape index (κ3) is 2.49. The van der Waals surface area contributed by atoms with Crippen molar-refractivity contribution in [3.8, 4) is 28.1 Å². The van der Waals surface area contributed by atoms with Crippen molar-refractivity contribution in [1.82, 2.24) is 25.3 Å². The zero-order valence-electron chi connectivity index (χ0n) is 17.3. The number of nitrogens with one attached hydrogen (secondary N) is 2. The highest BCUT2D eigenvalue weighted by atomic mass is 16.5. The van der Waals surface area contributed by atoms with E-state index in [-0.39, 0.29) is 0 Å². The van der Waals surface area contributed by atoms with E-state index in [2.05, 4.69) is 38.5 Å². The van der Waals surface area contributed by atoms with Crippen LogP contribution in [-0.2, 0) is 0 Å². The second kappa shape index (κ2) is 6.43. The van der Waals surface area contributed by atoms with Crippen LogP contribution in [0.4, 0.5) is 0 Å². The van der Waals surface area contributed by atoms with Gasteiger partial charge in [0, 0.05) is 39.0 Å². The van der Waals surface area contributed by atoms with Crippen LogP contribution in [-0.4, -0.2) is 32.4 Å². The Morgan fingerprint density at radius 3 is 2.68 bits per heavy atom. The zero-order valence-corrected chi connectivity index (χ0v) is 17.3. The van der Waals surface area contributed by atoms with Crippen LogP contribution in [0.3, 0.4) is 0 Å². The number of fused-ring (bicyclic) bond motifs is 4. The molecule has 6 rings (SSSR count). The summed E-state index contributed by atoms with van der Waals surface area (Å²) in [5.74, 6) is 1.53. The zero-order chi connectivity index (χ0) is 21.1. The highest BCUT2D eigenvalue weighted by molar-refractivity contribution is 6.16. The molecule has 0 spiro atoms. The second-order valence-corrected chi connectivity index (χ2v) is 7.64. The molecule has 0 aliphatic rings. The van der Waals surface area contributed by atoms with Gasteiger partial charge in [-0.25, -0.2) is 0 Å². The van der Waals surface area contributed by atoms with Gasteiger partial charge in [-0.1, -0.05) is 17.3 Å². The molecule has 7 nitrogen and oxygen atoms in total. The number of ether oxygens (including phenoxy) is 1. The first-order valence-electron chi connectivity index (χ1n) is 10.00. The predicted molar refractivity (Wildman–Crippen MR) is 120 cm³/mol. The standard InChI is InChI=1S/C24H19N5O2/c1-12-22(13(2)31-29-12)16-9-20-15(10-21(16)30-3)23-19(27-20)7-8-25-24(23)14-5-4-6-18-17(14)11-26-28-18/h4-11,27H,1-3H3,(H,26,28). The number of hydrogen-bond acceptors (Lipinski definition) is 5. The number of rotatable bonds is 3. The number of pyridine rings is 1. The minimum atomic E-state index is 0.763. The van der Waals surface area contributed by atoms with E-state index in [0.717, 1.165) is 72.3 Å². The molecule has 0 radical (unpaired) electrons. The lowest BCUT2D eigenvalue weighted by molar-refractivity contribution is 0.393. The number of aromatic nitrogens is 5. The van der Waals surface area contributed by atoms with Gasteiger partial charge in [0.15, 0.2) is 0 Å². The van der Waals surface area contributed by atoms with Crippen molar-refractivity contribution in [1.29, 1.82) is 0 Å². The summed E-state index contributed by atoms with van der Waals surface area (Å²) >= 11 is 0. The van der Waals surface area contributed by atoms with Gasteiger partial charge in [-0.3, -0.25) is 10.1 Å². The van der Waals surface area contributed by atoms with Gasteiger partial charge >= 0.3 is 0 Å². The first-order valence-corrected chi connectivity index (χ1v) is 10.00. The molecule has 0 saturated heterocycles. The summed E-state index contributed by atoms with van der Waals surface area (Å²) in [6.45, 7) is 3.85. The van der Waals surface area contributed by atoms with Gasteiger partial charge in [0.1, 0.15) is 11.5 Å². The number of H-pyrrole nitrogens is 2. The Kier molecular flexibility index (Phi) is 3.67. The minimum Gasteiger partial charge on any atom is -0.496 e. The van der Waals surface area contributed by atoms with E-state index >= 15 is 0 Å². The monoisotopic (exact) mass is 409 g/mol. The van der Waals surface area contributed by atoms with E-state index in [1.54, 1.807) is 7.11 Å². The average molecular weight is 409 g/mol. The topological polar surface area (TPSA) is 92.6 Å². The number of nitrogens with zero attached hydrogens (tertiary/aromatic N) is 3. The van der Waals surface area contributed by atoms with Gasteiger partial charge in [-0.05, 0) is 38.1 Å². The third-order valence-corrected chi connectivity index (χ3v) is 5.87. The summed E-state index contributed by atoms with van der Waals surface area (Å²) < 4.78 is 11.2. The molecular weight excluding hydrogens is 390 g/mol. The Labute approximate surface area is 177 Å². The maximum atomic E-state index is 5.79. The Bertz CT molecular complexity index is 1590. The molecule has 31 heavy (non-hydrogen) atoms. The fraction of sp³-hybridized carbons (Fsp3) is 0.125. The van der Waals surface area contributed by atoms with Crippen LogP contribution in [0, 0.1) is 13.8 Å². The Hall–Kier alpha value is -4.13. The fourth-order valence-corrected chi connectivity index (χ4v) is 4.48. The van der Waals surface area contributed by atoms with Crippen molar-refractivity contribution >= 4 is 32.7 Å². The quantitative estimate of drug-likeness (QED) is 0.400. The van der Waals surface area contributed by atoms with E-state index < -0.39 is 0 Å². The summed E-state index contributed by atoms with van der Waals surface area (Å²) in [6.07, 6.45) is 3.68. The summed E-state index contributed by atoms with van der Waals surface area (Å²) in [6, 6.07) is 12.3. The van der Waals surface area contributed by atoms with Crippen LogP contribution < -0.4 is 4.74 Å². The van der Waals surface area contributed by atoms with Crippen LogP contribution >= 0.6 is 0 Å². The van der Waals surface area contributed by atoms with Crippen molar-refractivity contribution in [2.75, 3.05) is 7.11 Å². The van der Waals surface area contributed by atoms with Gasteiger partial charge in [0.05, 0.1) is 41.3 Å². The van der Waals surface area contributed by atoms with Crippen molar-refractivity contribution in [2.24, 2.45) is 0 Å². The normalized spacial score (nSPS) is 11.7. The van der Waals surface area contributed by atoms with Gasteiger partial charge in [0.2, 0.25) is 0 Å². The summed E-state index contributed by atoms with van der Waals surface area (Å²) in [5.41, 5.74) is 7.67. The number of hydrogen-bond donors (Lipinski definition) is 2. The molecule has 0 bridgehead atoms. The van der Waals surface area contributed by atoms with E-state index in [9.17, 15) is 0 Å². The molecule has 7 heteroatoms. The molecule has 2 aromatic carbocycles. The van der Waals surface area contributed by atoms with Crippen molar-refractivity contribution in [2.45, 2.75) is 13.8 Å². The maximum absolute atomic E-state index is 5.79. The molecule has 0 aliphatic heterocycles. The number of aryl methyl sites for hydroxylation is 2. The van der Waals surface area contributed by atoms with E-state index in [1.807, 2.05) is 44.4 Å². The van der Waals surface area contributed by atoms with Crippen LogP contribution in [0.2, 0.25) is 0 Å². The van der Waals surface area contributed by atoms with Crippen molar-refractivity contribution in [3.63, 3.8) is 0 Å². The lowest BCUT2D eigenvalue weighted by Gasteiger charge is -2.09. The molecule has 2 N–H and O–H groups in total. The molecule has 152 valence electrons. The van der Waals surface area contributed by atoms with Crippen LogP contribution in [0.25, 0.3) is 55.1 Å². The summed E-state index contributed by atoms with van der Waals surface area (Å²) in [4.78, 5) is 8.31. The fourth-order valence-electron chi connectivity index (χ4n) is 4.48. The summed E-state index contributed by atoms with van der Waals surface area (Å²) in [5, 5.41) is 14.5. The first kappa shape index (κ1) is 17.7. The van der Waals surface area contributed by atoms with Crippen LogP contribution in [0.15, 0.2) is 53.3 Å².